The van der Waals surface area contributed by atoms with Crippen molar-refractivity contribution in [2.45, 2.75) is 0 Å². The molecule has 2 aromatic rings. The number of nitrogens with one attached hydrogen (secondary N) is 1. The van der Waals surface area contributed by atoms with Crippen LogP contribution in [0.25, 0.3) is 6.08 Å². The first-order valence-corrected chi connectivity index (χ1v) is 10.6. The van der Waals surface area contributed by atoms with Crippen LogP contribution in [0.3, 0.4) is 0 Å². The summed E-state index contributed by atoms with van der Waals surface area (Å²) in [5.74, 6) is 0.224. The van der Waals surface area contributed by atoms with Crippen LogP contribution in [-0.4, -0.2) is 49.3 Å². The zero-order valence-corrected chi connectivity index (χ0v) is 18.9. The number of imide groups is 1. The van der Waals surface area contributed by atoms with Crippen LogP contribution in [-0.2, 0) is 4.79 Å². The fraction of sp³-hybridized carbons (Fsp3) is 0.190. The van der Waals surface area contributed by atoms with E-state index in [-0.39, 0.29) is 28.6 Å². The van der Waals surface area contributed by atoms with Gasteiger partial charge in [-0.2, -0.15) is 0 Å². The average molecular weight is 481 g/mol. The molecule has 0 bridgehead atoms. The molecule has 0 atom stereocenters. The molecule has 0 saturated carbocycles. The summed E-state index contributed by atoms with van der Waals surface area (Å²) in [6, 6.07) is 9.71. The molecule has 1 fully saturated rings. The highest BCUT2D eigenvalue weighted by Crippen LogP contribution is 2.34. The average Bonchev–Trinajstić information content (AvgIpc) is 3.00. The van der Waals surface area contributed by atoms with Crippen LogP contribution >= 0.6 is 35.0 Å². The summed E-state index contributed by atoms with van der Waals surface area (Å²) in [5.41, 5.74) is 0.947. The molecule has 7 nitrogen and oxygen atoms in total. The molecule has 1 heterocycles. The van der Waals surface area contributed by atoms with Crippen molar-refractivity contribution in [3.05, 3.63) is 62.5 Å². The number of carbonyl (C=O) groups excluding carboxylic acids is 3. The van der Waals surface area contributed by atoms with Gasteiger partial charge < -0.3 is 14.8 Å². The van der Waals surface area contributed by atoms with Crippen LogP contribution in [0.2, 0.25) is 10.0 Å². The number of methoxy groups -OCH3 is 2. The topological polar surface area (TPSA) is 84.9 Å². The number of rotatable bonds is 7. The van der Waals surface area contributed by atoms with Gasteiger partial charge in [-0.3, -0.25) is 19.3 Å². The first-order valence-electron chi connectivity index (χ1n) is 9.04. The van der Waals surface area contributed by atoms with E-state index >= 15 is 0 Å². The third-order valence-corrected chi connectivity index (χ3v) is 5.83. The van der Waals surface area contributed by atoms with Crippen LogP contribution in [0.5, 0.6) is 11.5 Å². The number of amides is 3. The SMILES string of the molecule is COc1ccc(/C=C2/SC(=O)N(CCNC(=O)c3ccc(Cl)cc3Cl)C2=O)cc1OC. The minimum Gasteiger partial charge on any atom is -0.493 e. The number of thioether (sulfide) groups is 1. The van der Waals surface area contributed by atoms with Gasteiger partial charge in [0, 0.05) is 18.1 Å². The quantitative estimate of drug-likeness (QED) is 0.588. The lowest BCUT2D eigenvalue weighted by Crippen LogP contribution is -2.37. The Labute approximate surface area is 193 Å². The number of nitrogens with zero attached hydrogens (tertiary/aromatic N) is 1. The first kappa shape index (κ1) is 23.0. The van der Waals surface area contributed by atoms with Crippen molar-refractivity contribution >= 4 is 58.1 Å². The number of hydrogen-bond donors (Lipinski definition) is 1. The number of carbonyl (C=O) groups is 3. The second-order valence-electron chi connectivity index (χ2n) is 6.33. The Morgan fingerprint density at radius 3 is 2.52 bits per heavy atom. The third-order valence-electron chi connectivity index (χ3n) is 4.38. The number of ether oxygens (including phenoxy) is 2. The maximum atomic E-state index is 12.6. The molecule has 1 saturated heterocycles. The number of benzene rings is 2. The van der Waals surface area contributed by atoms with Gasteiger partial charge in [-0.1, -0.05) is 29.3 Å². The predicted molar refractivity (Wildman–Crippen MR) is 121 cm³/mol. The van der Waals surface area contributed by atoms with Crippen molar-refractivity contribution in [3.8, 4) is 11.5 Å². The van der Waals surface area contributed by atoms with E-state index in [0.717, 1.165) is 16.7 Å². The number of hydrogen-bond acceptors (Lipinski definition) is 6. The lowest BCUT2D eigenvalue weighted by Gasteiger charge is -2.13. The Hall–Kier alpha value is -2.68. The summed E-state index contributed by atoms with van der Waals surface area (Å²) in [6.45, 7) is 0.115. The van der Waals surface area contributed by atoms with Gasteiger partial charge in [-0.25, -0.2) is 0 Å². The molecule has 0 unspecified atom stereocenters. The Balaban J connectivity index is 1.64. The maximum Gasteiger partial charge on any atom is 0.293 e. The van der Waals surface area contributed by atoms with Gasteiger partial charge in [-0.05, 0) is 53.7 Å². The summed E-state index contributed by atoms with van der Waals surface area (Å²) < 4.78 is 10.5. The van der Waals surface area contributed by atoms with Crippen molar-refractivity contribution in [3.63, 3.8) is 0 Å². The summed E-state index contributed by atoms with van der Waals surface area (Å²) in [5, 5.41) is 2.87. The minimum absolute atomic E-state index is 0.0326. The molecule has 162 valence electrons. The second-order valence-corrected chi connectivity index (χ2v) is 8.16. The largest absolute Gasteiger partial charge is 0.493 e. The second kappa shape index (κ2) is 10.1. The molecule has 1 N–H and O–H groups in total. The summed E-state index contributed by atoms with van der Waals surface area (Å²) in [4.78, 5) is 38.6. The summed E-state index contributed by atoms with van der Waals surface area (Å²) in [7, 11) is 3.05. The molecule has 0 radical (unpaired) electrons. The summed E-state index contributed by atoms with van der Waals surface area (Å²) >= 11 is 12.7. The molecule has 1 aliphatic heterocycles. The molecule has 2 aromatic carbocycles. The Bertz CT molecular complexity index is 1070. The standard InChI is InChI=1S/C21H18Cl2N2O5S/c1-29-16-6-3-12(9-17(16)30-2)10-18-20(27)25(21(28)31-18)8-7-24-19(26)14-5-4-13(22)11-15(14)23/h3-6,9-11H,7-8H2,1-2H3,(H,24,26)/b18-10+. The highest BCUT2D eigenvalue weighted by atomic mass is 35.5. The molecule has 0 aromatic heterocycles. The zero-order chi connectivity index (χ0) is 22.5. The highest BCUT2D eigenvalue weighted by Gasteiger charge is 2.34. The molecule has 0 aliphatic carbocycles. The monoisotopic (exact) mass is 480 g/mol. The fourth-order valence-electron chi connectivity index (χ4n) is 2.84. The van der Waals surface area contributed by atoms with Crippen LogP contribution in [0.4, 0.5) is 4.79 Å². The Kier molecular flexibility index (Phi) is 7.48. The normalized spacial score (nSPS) is 14.8. The zero-order valence-electron chi connectivity index (χ0n) is 16.6. The van der Waals surface area contributed by atoms with E-state index in [1.165, 1.54) is 26.4 Å². The van der Waals surface area contributed by atoms with Gasteiger partial charge in [0.2, 0.25) is 0 Å². The van der Waals surface area contributed by atoms with Gasteiger partial charge in [0.15, 0.2) is 11.5 Å². The van der Waals surface area contributed by atoms with E-state index in [2.05, 4.69) is 5.32 Å². The summed E-state index contributed by atoms with van der Waals surface area (Å²) in [6.07, 6.45) is 1.61. The molecular weight excluding hydrogens is 463 g/mol. The maximum absolute atomic E-state index is 12.6. The van der Waals surface area contributed by atoms with Crippen LogP contribution in [0.15, 0.2) is 41.3 Å². The molecular formula is C21H18Cl2N2O5S. The molecule has 3 amide bonds. The predicted octanol–water partition coefficient (Wildman–Crippen LogP) is 4.48. The smallest absolute Gasteiger partial charge is 0.293 e. The minimum atomic E-state index is -0.427. The van der Waals surface area contributed by atoms with Crippen LogP contribution in [0.1, 0.15) is 15.9 Å². The molecule has 1 aliphatic rings. The molecule has 0 spiro atoms. The van der Waals surface area contributed by atoms with E-state index in [1.54, 1.807) is 30.3 Å². The van der Waals surface area contributed by atoms with Crippen molar-refractivity contribution in [2.24, 2.45) is 0 Å². The van der Waals surface area contributed by atoms with Gasteiger partial charge >= 0.3 is 0 Å². The molecule has 3 rings (SSSR count). The number of halogens is 2. The first-order chi connectivity index (χ1) is 14.8. The highest BCUT2D eigenvalue weighted by molar-refractivity contribution is 8.18. The third kappa shape index (κ3) is 5.33. The van der Waals surface area contributed by atoms with E-state index < -0.39 is 17.1 Å². The molecule has 10 heteroatoms. The van der Waals surface area contributed by atoms with E-state index in [0.29, 0.717) is 22.1 Å². The lowest BCUT2D eigenvalue weighted by atomic mass is 10.2. The van der Waals surface area contributed by atoms with Gasteiger partial charge in [0.05, 0.1) is 29.7 Å². The van der Waals surface area contributed by atoms with Crippen LogP contribution < -0.4 is 14.8 Å². The Morgan fingerprint density at radius 1 is 1.10 bits per heavy atom. The van der Waals surface area contributed by atoms with Crippen LogP contribution in [0, 0.1) is 0 Å². The van der Waals surface area contributed by atoms with E-state index in [9.17, 15) is 14.4 Å². The van der Waals surface area contributed by atoms with Gasteiger partial charge in [0.1, 0.15) is 0 Å². The Morgan fingerprint density at radius 2 is 1.84 bits per heavy atom. The lowest BCUT2D eigenvalue weighted by molar-refractivity contribution is -0.122. The van der Waals surface area contributed by atoms with Crippen molar-refractivity contribution in [1.29, 1.82) is 0 Å². The molecule has 31 heavy (non-hydrogen) atoms. The fourth-order valence-corrected chi connectivity index (χ4v) is 4.20. The van der Waals surface area contributed by atoms with Gasteiger partial charge in [0.25, 0.3) is 17.1 Å². The van der Waals surface area contributed by atoms with Crippen molar-refractivity contribution in [1.82, 2.24) is 10.2 Å². The van der Waals surface area contributed by atoms with E-state index in [4.69, 9.17) is 32.7 Å². The van der Waals surface area contributed by atoms with Crippen molar-refractivity contribution < 1.29 is 23.9 Å². The van der Waals surface area contributed by atoms with Crippen molar-refractivity contribution in [2.75, 3.05) is 27.3 Å². The van der Waals surface area contributed by atoms with Gasteiger partial charge in [-0.15, -0.1) is 0 Å². The van der Waals surface area contributed by atoms with E-state index in [1.807, 2.05) is 0 Å².